The zero-order valence-corrected chi connectivity index (χ0v) is 22.1. The first-order chi connectivity index (χ1) is 18.5. The summed E-state index contributed by atoms with van der Waals surface area (Å²) in [5.74, 6) is -0.0157. The van der Waals surface area contributed by atoms with Crippen LogP contribution in [0.2, 0.25) is 0 Å². The van der Waals surface area contributed by atoms with Crippen LogP contribution in [0.5, 0.6) is 0 Å². The van der Waals surface area contributed by atoms with E-state index in [1.807, 2.05) is 19.2 Å². The Hall–Kier alpha value is -3.45. The summed E-state index contributed by atoms with van der Waals surface area (Å²) in [7, 11) is 1.61. The highest BCUT2D eigenvalue weighted by molar-refractivity contribution is 5.91. The minimum atomic E-state index is -4.35. The van der Waals surface area contributed by atoms with Crippen LogP contribution in [0.3, 0.4) is 0 Å². The SMILES string of the molecule is Cc1nc2c(N3CCOCC3)cc(-c3cc(NC(=O)N4CCN(C)[C@H](CC(F)(F)F)C4)c(F)cc3C)cn2n1. The van der Waals surface area contributed by atoms with Crippen molar-refractivity contribution in [2.45, 2.75) is 32.5 Å². The third kappa shape index (κ3) is 5.93. The number of urea groups is 1. The van der Waals surface area contributed by atoms with Crippen LogP contribution >= 0.6 is 0 Å². The van der Waals surface area contributed by atoms with Crippen LogP contribution in [0.25, 0.3) is 16.8 Å². The maximum Gasteiger partial charge on any atom is 0.390 e. The number of pyridine rings is 1. The lowest BCUT2D eigenvalue weighted by molar-refractivity contribution is -0.149. The number of halogens is 4. The van der Waals surface area contributed by atoms with E-state index in [1.54, 1.807) is 29.5 Å². The van der Waals surface area contributed by atoms with E-state index in [1.165, 1.54) is 11.0 Å². The first-order valence-electron chi connectivity index (χ1n) is 12.8. The fourth-order valence-corrected chi connectivity index (χ4v) is 5.15. The van der Waals surface area contributed by atoms with E-state index >= 15 is 4.39 Å². The molecule has 210 valence electrons. The molecule has 0 radical (unpaired) electrons. The van der Waals surface area contributed by atoms with Crippen LogP contribution in [0.15, 0.2) is 24.4 Å². The number of aromatic nitrogens is 3. The van der Waals surface area contributed by atoms with Gasteiger partial charge < -0.3 is 19.9 Å². The summed E-state index contributed by atoms with van der Waals surface area (Å²) in [6, 6.07) is 3.37. The Labute approximate surface area is 223 Å². The molecule has 2 aliphatic heterocycles. The van der Waals surface area contributed by atoms with Crippen molar-refractivity contribution in [2.75, 3.05) is 63.2 Å². The molecule has 1 N–H and O–H groups in total. The fraction of sp³-hybridized carbons (Fsp3) is 0.500. The molecule has 5 rings (SSSR count). The third-order valence-electron chi connectivity index (χ3n) is 7.27. The van der Waals surface area contributed by atoms with Gasteiger partial charge in [0.1, 0.15) is 11.6 Å². The molecule has 0 aliphatic carbocycles. The maximum atomic E-state index is 15.0. The second-order valence-corrected chi connectivity index (χ2v) is 10.1. The van der Waals surface area contributed by atoms with Crippen molar-refractivity contribution < 1.29 is 27.1 Å². The van der Waals surface area contributed by atoms with Gasteiger partial charge in [0.25, 0.3) is 0 Å². The minimum absolute atomic E-state index is 0.0466. The first-order valence-corrected chi connectivity index (χ1v) is 12.8. The first kappa shape index (κ1) is 27.1. The zero-order chi connectivity index (χ0) is 27.9. The van der Waals surface area contributed by atoms with Gasteiger partial charge in [-0.25, -0.2) is 18.7 Å². The van der Waals surface area contributed by atoms with Crippen molar-refractivity contribution >= 4 is 23.1 Å². The number of nitrogens with one attached hydrogen (secondary N) is 1. The Bertz CT molecular complexity index is 1370. The van der Waals surface area contributed by atoms with Crippen LogP contribution in [-0.2, 0) is 4.74 Å². The van der Waals surface area contributed by atoms with Crippen LogP contribution < -0.4 is 10.2 Å². The zero-order valence-electron chi connectivity index (χ0n) is 22.1. The molecule has 0 unspecified atom stereocenters. The average molecular weight is 550 g/mol. The lowest BCUT2D eigenvalue weighted by Crippen LogP contribution is -2.55. The number of carbonyl (C=O) groups is 1. The van der Waals surface area contributed by atoms with Gasteiger partial charge in [0.05, 0.1) is 31.0 Å². The topological polar surface area (TPSA) is 78.2 Å². The molecule has 0 saturated carbocycles. The van der Waals surface area contributed by atoms with Crippen molar-refractivity contribution in [3.63, 3.8) is 0 Å². The molecule has 39 heavy (non-hydrogen) atoms. The smallest absolute Gasteiger partial charge is 0.378 e. The molecule has 3 aromatic rings. The molecule has 13 heteroatoms. The van der Waals surface area contributed by atoms with Crippen LogP contribution in [0, 0.1) is 19.7 Å². The number of fused-ring (bicyclic) bond motifs is 1. The van der Waals surface area contributed by atoms with E-state index in [0.717, 1.165) is 11.3 Å². The number of anilines is 2. The van der Waals surface area contributed by atoms with Crippen LogP contribution in [-0.4, -0.2) is 95.6 Å². The molecular weight excluding hydrogens is 518 g/mol. The van der Waals surface area contributed by atoms with E-state index in [2.05, 4.69) is 20.3 Å². The molecule has 1 atom stereocenters. The van der Waals surface area contributed by atoms with Crippen LogP contribution in [0.1, 0.15) is 17.8 Å². The molecule has 2 amide bonds. The van der Waals surface area contributed by atoms with Gasteiger partial charge in [0.15, 0.2) is 5.65 Å². The van der Waals surface area contributed by atoms with Gasteiger partial charge in [-0.3, -0.25) is 4.90 Å². The number of hydrogen-bond donors (Lipinski definition) is 1. The number of hydrogen-bond acceptors (Lipinski definition) is 6. The number of amides is 2. The number of carbonyl (C=O) groups excluding carboxylic acids is 1. The van der Waals surface area contributed by atoms with E-state index in [9.17, 15) is 18.0 Å². The second-order valence-electron chi connectivity index (χ2n) is 10.1. The maximum absolute atomic E-state index is 15.0. The molecular formula is C26H31F4N7O2. The van der Waals surface area contributed by atoms with Gasteiger partial charge in [0.2, 0.25) is 0 Å². The molecule has 2 saturated heterocycles. The predicted molar refractivity (Wildman–Crippen MR) is 139 cm³/mol. The Kier molecular flexibility index (Phi) is 7.38. The molecule has 4 heterocycles. The summed E-state index contributed by atoms with van der Waals surface area (Å²) in [6.07, 6.45) is -3.56. The van der Waals surface area contributed by atoms with Crippen molar-refractivity contribution in [3.05, 3.63) is 41.6 Å². The van der Waals surface area contributed by atoms with Crippen molar-refractivity contribution in [2.24, 2.45) is 0 Å². The highest BCUT2D eigenvalue weighted by Gasteiger charge is 2.37. The van der Waals surface area contributed by atoms with E-state index in [4.69, 9.17) is 4.74 Å². The van der Waals surface area contributed by atoms with Crippen molar-refractivity contribution in [3.8, 4) is 11.1 Å². The number of piperazine rings is 1. The Morgan fingerprint density at radius 2 is 1.87 bits per heavy atom. The monoisotopic (exact) mass is 549 g/mol. The van der Waals surface area contributed by atoms with Gasteiger partial charge in [-0.2, -0.15) is 18.3 Å². The molecule has 1 aromatic carbocycles. The highest BCUT2D eigenvalue weighted by Crippen LogP contribution is 2.34. The molecule has 2 fully saturated rings. The average Bonchev–Trinajstić information content (AvgIpc) is 3.26. The number of ether oxygens (including phenoxy) is 1. The molecule has 0 bridgehead atoms. The summed E-state index contributed by atoms with van der Waals surface area (Å²) in [4.78, 5) is 22.7. The number of morpholine rings is 1. The van der Waals surface area contributed by atoms with E-state index in [-0.39, 0.29) is 25.3 Å². The summed E-state index contributed by atoms with van der Waals surface area (Å²) in [5.41, 5.74) is 3.62. The van der Waals surface area contributed by atoms with Crippen molar-refractivity contribution in [1.82, 2.24) is 24.4 Å². The fourth-order valence-electron chi connectivity index (χ4n) is 5.15. The number of rotatable bonds is 4. The molecule has 2 aromatic heterocycles. The van der Waals surface area contributed by atoms with Gasteiger partial charge in [-0.05, 0) is 50.2 Å². The number of likely N-dealkylation sites (N-methyl/N-ethyl adjacent to an activating group) is 1. The van der Waals surface area contributed by atoms with Gasteiger partial charge in [-0.15, -0.1) is 0 Å². The Morgan fingerprint density at radius 3 is 2.59 bits per heavy atom. The number of nitrogens with zero attached hydrogens (tertiary/aromatic N) is 6. The quantitative estimate of drug-likeness (QED) is 0.494. The number of aryl methyl sites for hydroxylation is 2. The normalized spacial score (nSPS) is 19.1. The van der Waals surface area contributed by atoms with Gasteiger partial charge >= 0.3 is 12.2 Å². The van der Waals surface area contributed by atoms with E-state index < -0.39 is 30.5 Å². The van der Waals surface area contributed by atoms with Gasteiger partial charge in [0, 0.05) is 50.5 Å². The molecule has 0 spiro atoms. The summed E-state index contributed by atoms with van der Waals surface area (Å²) in [6.45, 7) is 6.57. The van der Waals surface area contributed by atoms with Crippen LogP contribution in [0.4, 0.5) is 33.7 Å². The van der Waals surface area contributed by atoms with Gasteiger partial charge in [-0.1, -0.05) is 0 Å². The highest BCUT2D eigenvalue weighted by atomic mass is 19.4. The molecule has 2 aliphatic rings. The van der Waals surface area contributed by atoms with E-state index in [0.29, 0.717) is 48.9 Å². The van der Waals surface area contributed by atoms with Crippen molar-refractivity contribution in [1.29, 1.82) is 0 Å². The lowest BCUT2D eigenvalue weighted by Gasteiger charge is -2.39. The lowest BCUT2D eigenvalue weighted by atomic mass is 10.00. The second kappa shape index (κ2) is 10.6. The predicted octanol–water partition coefficient (Wildman–Crippen LogP) is 4.09. The Morgan fingerprint density at radius 1 is 1.13 bits per heavy atom. The number of alkyl halides is 3. The largest absolute Gasteiger partial charge is 0.390 e. The Balaban J connectivity index is 1.44. The summed E-state index contributed by atoms with van der Waals surface area (Å²) in [5, 5.41) is 7.07. The number of benzene rings is 1. The summed E-state index contributed by atoms with van der Waals surface area (Å²) < 4.78 is 61.3. The summed E-state index contributed by atoms with van der Waals surface area (Å²) >= 11 is 0. The molecule has 9 nitrogen and oxygen atoms in total. The third-order valence-corrected chi connectivity index (χ3v) is 7.27. The minimum Gasteiger partial charge on any atom is -0.378 e. The standard InChI is InChI=1S/C26H31F4N7O2/c1-16-10-21(27)22(32-25(38)36-5-4-34(3)19(15-36)13-26(28,29)30)12-20(16)18-11-23(35-6-8-39-9-7-35)24-31-17(2)33-37(24)14-18/h10-12,14,19H,4-9,13,15H2,1-3H3,(H,32,38)/t19-/m1/s1.